The fourth-order valence-electron chi connectivity index (χ4n) is 5.46. The molecule has 0 spiro atoms. The Balaban J connectivity index is 1.21. The van der Waals surface area contributed by atoms with Crippen LogP contribution < -0.4 is 0 Å². The molecule has 3 aromatic rings. The van der Waals surface area contributed by atoms with Gasteiger partial charge in [-0.2, -0.15) is 0 Å². The molecule has 32 heavy (non-hydrogen) atoms. The van der Waals surface area contributed by atoms with Gasteiger partial charge < -0.3 is 19.3 Å². The summed E-state index contributed by atoms with van der Waals surface area (Å²) in [4.78, 5) is 19.5. The van der Waals surface area contributed by atoms with Crippen LogP contribution in [0.1, 0.15) is 59.1 Å². The van der Waals surface area contributed by atoms with Crippen LogP contribution in [0.3, 0.4) is 0 Å². The molecule has 1 aromatic carbocycles. The SMILES string of the molecule is CCc1c(CCN2CCC(c3coc4cc(O)ccc34)CC2)sc2c1CN(C(C)=O)CC2. The molecule has 0 atom stereocenters. The van der Waals surface area contributed by atoms with Crippen molar-refractivity contribution >= 4 is 28.2 Å². The highest BCUT2D eigenvalue weighted by Crippen LogP contribution is 2.37. The number of hydrogen-bond acceptors (Lipinski definition) is 5. The van der Waals surface area contributed by atoms with Gasteiger partial charge in [0.1, 0.15) is 11.3 Å². The third kappa shape index (κ3) is 4.06. The highest BCUT2D eigenvalue weighted by molar-refractivity contribution is 7.12. The van der Waals surface area contributed by atoms with Gasteiger partial charge in [-0.25, -0.2) is 0 Å². The van der Waals surface area contributed by atoms with Crippen molar-refractivity contribution in [2.24, 2.45) is 0 Å². The van der Waals surface area contributed by atoms with E-state index in [1.54, 1.807) is 19.1 Å². The second-order valence-corrected chi connectivity index (χ2v) is 10.4. The van der Waals surface area contributed by atoms with E-state index < -0.39 is 0 Å². The molecule has 2 aliphatic rings. The predicted octanol–water partition coefficient (Wildman–Crippen LogP) is 5.09. The molecule has 1 fully saturated rings. The van der Waals surface area contributed by atoms with Gasteiger partial charge in [0.15, 0.2) is 0 Å². The number of carbonyl (C=O) groups excluding carboxylic acids is 1. The topological polar surface area (TPSA) is 56.9 Å². The van der Waals surface area contributed by atoms with Crippen LogP contribution in [-0.2, 0) is 30.6 Å². The maximum absolute atomic E-state index is 11.9. The standard InChI is InChI=1S/C26H32N2O3S/c1-3-20-22-15-28(17(2)29)13-9-26(22)32-25(20)8-12-27-10-6-18(7-11-27)23-16-31-24-14-19(30)4-5-21(23)24/h4-5,14,16,18,30H,3,6-13,15H2,1-2H3. The molecule has 6 heteroatoms. The lowest BCUT2D eigenvalue weighted by Crippen LogP contribution is -2.34. The summed E-state index contributed by atoms with van der Waals surface area (Å²) in [7, 11) is 0. The van der Waals surface area contributed by atoms with Gasteiger partial charge in [0.05, 0.1) is 6.26 Å². The number of piperidine rings is 1. The normalized spacial score (nSPS) is 17.8. The van der Waals surface area contributed by atoms with Crippen LogP contribution in [0.2, 0.25) is 0 Å². The van der Waals surface area contributed by atoms with Gasteiger partial charge in [0, 0.05) is 53.3 Å². The van der Waals surface area contributed by atoms with Gasteiger partial charge in [-0.05, 0) is 74.4 Å². The van der Waals surface area contributed by atoms with E-state index in [-0.39, 0.29) is 11.7 Å². The molecule has 5 nitrogen and oxygen atoms in total. The Morgan fingerprint density at radius 2 is 2.06 bits per heavy atom. The van der Waals surface area contributed by atoms with Crippen molar-refractivity contribution in [3.05, 3.63) is 50.9 Å². The van der Waals surface area contributed by atoms with E-state index in [2.05, 4.69) is 11.8 Å². The van der Waals surface area contributed by atoms with E-state index >= 15 is 0 Å². The molecule has 170 valence electrons. The van der Waals surface area contributed by atoms with Crippen LogP contribution in [0.5, 0.6) is 5.75 Å². The second kappa shape index (κ2) is 8.91. The molecule has 0 saturated carbocycles. The minimum Gasteiger partial charge on any atom is -0.508 e. The van der Waals surface area contributed by atoms with Crippen molar-refractivity contribution in [2.45, 2.75) is 58.4 Å². The minimum absolute atomic E-state index is 0.190. The van der Waals surface area contributed by atoms with E-state index in [0.29, 0.717) is 5.92 Å². The first-order valence-electron chi connectivity index (χ1n) is 11.8. The monoisotopic (exact) mass is 452 g/mol. The average molecular weight is 453 g/mol. The zero-order valence-corrected chi connectivity index (χ0v) is 19.8. The number of amides is 1. The number of likely N-dealkylation sites (tertiary alicyclic amines) is 1. The summed E-state index contributed by atoms with van der Waals surface area (Å²) in [5, 5.41) is 10.8. The lowest BCUT2D eigenvalue weighted by molar-refractivity contribution is -0.129. The summed E-state index contributed by atoms with van der Waals surface area (Å²) in [6.45, 7) is 8.92. The molecule has 0 unspecified atom stereocenters. The lowest BCUT2D eigenvalue weighted by atomic mass is 9.89. The average Bonchev–Trinajstić information content (AvgIpc) is 3.37. The van der Waals surface area contributed by atoms with Crippen LogP contribution in [-0.4, -0.2) is 47.0 Å². The smallest absolute Gasteiger partial charge is 0.219 e. The maximum atomic E-state index is 11.9. The number of hydrogen-bond donors (Lipinski definition) is 1. The molecule has 2 aliphatic heterocycles. The zero-order chi connectivity index (χ0) is 22.2. The first-order chi connectivity index (χ1) is 15.5. The minimum atomic E-state index is 0.190. The van der Waals surface area contributed by atoms with Crippen LogP contribution in [0.25, 0.3) is 11.0 Å². The lowest BCUT2D eigenvalue weighted by Gasteiger charge is -2.31. The molecule has 0 radical (unpaired) electrons. The number of carbonyl (C=O) groups is 1. The largest absolute Gasteiger partial charge is 0.508 e. The maximum Gasteiger partial charge on any atom is 0.219 e. The number of phenols is 1. The first-order valence-corrected chi connectivity index (χ1v) is 12.7. The number of rotatable bonds is 5. The molecule has 2 aromatic heterocycles. The fraction of sp³-hybridized carbons (Fsp3) is 0.500. The van der Waals surface area contributed by atoms with E-state index in [1.807, 2.05) is 28.6 Å². The molecular formula is C26H32N2O3S. The highest BCUT2D eigenvalue weighted by Gasteiger charge is 2.26. The molecule has 1 amide bonds. The molecular weight excluding hydrogens is 420 g/mol. The summed E-state index contributed by atoms with van der Waals surface area (Å²) in [6, 6.07) is 5.43. The number of furan rings is 1. The quantitative estimate of drug-likeness (QED) is 0.586. The van der Waals surface area contributed by atoms with Crippen LogP contribution in [0.4, 0.5) is 0 Å². The Morgan fingerprint density at radius 3 is 2.81 bits per heavy atom. The van der Waals surface area contributed by atoms with Crippen molar-refractivity contribution in [2.75, 3.05) is 26.2 Å². The Kier molecular flexibility index (Phi) is 5.99. The van der Waals surface area contributed by atoms with Crippen molar-refractivity contribution in [3.8, 4) is 5.75 Å². The van der Waals surface area contributed by atoms with Gasteiger partial charge in [-0.3, -0.25) is 4.79 Å². The van der Waals surface area contributed by atoms with E-state index in [4.69, 9.17) is 4.42 Å². The van der Waals surface area contributed by atoms with Crippen molar-refractivity contribution < 1.29 is 14.3 Å². The predicted molar refractivity (Wildman–Crippen MR) is 128 cm³/mol. The van der Waals surface area contributed by atoms with E-state index in [9.17, 15) is 9.90 Å². The number of nitrogens with zero attached hydrogens (tertiary/aromatic N) is 2. The Morgan fingerprint density at radius 1 is 1.25 bits per heavy atom. The number of benzene rings is 1. The molecule has 1 saturated heterocycles. The van der Waals surface area contributed by atoms with Crippen molar-refractivity contribution in [1.82, 2.24) is 9.80 Å². The number of thiophene rings is 1. The summed E-state index contributed by atoms with van der Waals surface area (Å²) >= 11 is 1.99. The van der Waals surface area contributed by atoms with Crippen LogP contribution in [0, 0.1) is 0 Å². The van der Waals surface area contributed by atoms with Gasteiger partial charge >= 0.3 is 0 Å². The zero-order valence-electron chi connectivity index (χ0n) is 19.0. The van der Waals surface area contributed by atoms with Gasteiger partial charge in [-0.15, -0.1) is 11.3 Å². The first kappa shape index (κ1) is 21.5. The summed E-state index contributed by atoms with van der Waals surface area (Å²) < 4.78 is 5.71. The van der Waals surface area contributed by atoms with Gasteiger partial charge in [0.2, 0.25) is 5.91 Å². The second-order valence-electron chi connectivity index (χ2n) is 9.19. The number of phenolic OH excluding ortho intramolecular Hbond substituents is 1. The molecule has 4 heterocycles. The third-order valence-electron chi connectivity index (χ3n) is 7.31. The third-order valence-corrected chi connectivity index (χ3v) is 8.71. The Hall–Kier alpha value is -2.31. The fourth-order valence-corrected chi connectivity index (χ4v) is 6.85. The van der Waals surface area contributed by atoms with Crippen LogP contribution in [0.15, 0.2) is 28.9 Å². The summed E-state index contributed by atoms with van der Waals surface area (Å²) in [5.74, 6) is 0.967. The van der Waals surface area contributed by atoms with Crippen molar-refractivity contribution in [3.63, 3.8) is 0 Å². The van der Waals surface area contributed by atoms with Crippen molar-refractivity contribution in [1.29, 1.82) is 0 Å². The molecule has 0 aliphatic carbocycles. The molecule has 5 rings (SSSR count). The van der Waals surface area contributed by atoms with E-state index in [0.717, 1.165) is 75.8 Å². The van der Waals surface area contributed by atoms with E-state index in [1.165, 1.54) is 26.4 Å². The Labute approximate surface area is 193 Å². The summed E-state index contributed by atoms with van der Waals surface area (Å²) in [6.07, 6.45) is 7.35. The number of aromatic hydroxyl groups is 1. The Bertz CT molecular complexity index is 1120. The summed E-state index contributed by atoms with van der Waals surface area (Å²) in [5.41, 5.74) is 5.00. The molecule has 0 bridgehead atoms. The van der Waals surface area contributed by atoms with Gasteiger partial charge in [-0.1, -0.05) is 6.92 Å². The number of fused-ring (bicyclic) bond motifs is 2. The van der Waals surface area contributed by atoms with Crippen LogP contribution >= 0.6 is 11.3 Å². The van der Waals surface area contributed by atoms with Gasteiger partial charge in [0.25, 0.3) is 0 Å². The highest BCUT2D eigenvalue weighted by atomic mass is 32.1. The molecule has 1 N–H and O–H groups in total.